The van der Waals surface area contributed by atoms with Crippen LogP contribution in [0.5, 0.6) is 0 Å². The van der Waals surface area contributed by atoms with E-state index in [1.165, 1.54) is 17.3 Å². The molecule has 2 aromatic rings. The number of pyridine rings is 1. The lowest BCUT2D eigenvalue weighted by Gasteiger charge is -2.44. The lowest BCUT2D eigenvalue weighted by molar-refractivity contribution is -0.137. The monoisotopic (exact) mass is 331 g/mol. The summed E-state index contributed by atoms with van der Waals surface area (Å²) < 4.78 is 39.0. The highest BCUT2D eigenvalue weighted by molar-refractivity contribution is 5.33. The molecule has 1 heterocycles. The zero-order valence-electron chi connectivity index (χ0n) is 13.4. The molecule has 1 fully saturated rings. The van der Waals surface area contributed by atoms with Gasteiger partial charge in [-0.1, -0.05) is 24.3 Å². The maximum Gasteiger partial charge on any atom is 0.416 e. The highest BCUT2D eigenvalue weighted by atomic mass is 19.4. The smallest absolute Gasteiger partial charge is 0.261 e. The number of aryl methyl sites for hydroxylation is 1. The lowest BCUT2D eigenvalue weighted by atomic mass is 9.61. The van der Waals surface area contributed by atoms with Crippen molar-refractivity contribution in [3.63, 3.8) is 0 Å². The van der Waals surface area contributed by atoms with Gasteiger partial charge in [-0.25, -0.2) is 0 Å². The van der Waals surface area contributed by atoms with E-state index in [2.05, 4.69) is 11.1 Å². The van der Waals surface area contributed by atoms with Crippen LogP contribution in [0, 0.1) is 5.92 Å². The van der Waals surface area contributed by atoms with Gasteiger partial charge in [0.25, 0.3) is 0 Å². The Hall–Kier alpha value is -1.84. The number of benzene rings is 1. The fourth-order valence-corrected chi connectivity index (χ4v) is 4.43. The lowest BCUT2D eigenvalue weighted by Crippen LogP contribution is -2.32. The van der Waals surface area contributed by atoms with E-state index in [1.807, 2.05) is 18.3 Å². The molecule has 1 aromatic carbocycles. The van der Waals surface area contributed by atoms with Gasteiger partial charge >= 0.3 is 6.18 Å². The Morgan fingerprint density at radius 3 is 2.58 bits per heavy atom. The first-order chi connectivity index (χ1) is 11.5. The molecule has 4 rings (SSSR count). The third kappa shape index (κ3) is 2.72. The number of fused-ring (bicyclic) bond motifs is 1. The molecule has 3 atom stereocenters. The van der Waals surface area contributed by atoms with Crippen LogP contribution in [0.15, 0.2) is 42.6 Å². The standard InChI is InChI=1S/C20H20F3N/c21-20(22,23)15-7-1-5-14(12-15)16-9-10-17(16)18-8-2-4-13-6-3-11-24-19(13)18/h1,3,5-7,11-12,16-18H,2,4,8-10H2. The Kier molecular flexibility index (Phi) is 3.86. The number of halogens is 3. The van der Waals surface area contributed by atoms with E-state index in [0.717, 1.165) is 43.7 Å². The number of aromatic nitrogens is 1. The predicted molar refractivity (Wildman–Crippen MR) is 86.8 cm³/mol. The maximum absolute atomic E-state index is 13.0. The summed E-state index contributed by atoms with van der Waals surface area (Å²) in [6, 6.07) is 10.0. The number of nitrogens with zero attached hydrogens (tertiary/aromatic N) is 1. The number of alkyl halides is 3. The van der Waals surface area contributed by atoms with Gasteiger partial charge in [-0.15, -0.1) is 0 Å². The quantitative estimate of drug-likeness (QED) is 0.686. The van der Waals surface area contributed by atoms with E-state index < -0.39 is 11.7 Å². The summed E-state index contributed by atoms with van der Waals surface area (Å²) in [5.41, 5.74) is 2.81. The molecular weight excluding hydrogens is 311 g/mol. The van der Waals surface area contributed by atoms with Crippen molar-refractivity contribution in [2.45, 2.75) is 50.1 Å². The van der Waals surface area contributed by atoms with Crippen molar-refractivity contribution in [2.75, 3.05) is 0 Å². The van der Waals surface area contributed by atoms with Crippen LogP contribution in [0.25, 0.3) is 0 Å². The van der Waals surface area contributed by atoms with Crippen LogP contribution < -0.4 is 0 Å². The molecule has 0 saturated heterocycles. The molecule has 24 heavy (non-hydrogen) atoms. The van der Waals surface area contributed by atoms with Gasteiger partial charge in [-0.05, 0) is 67.2 Å². The molecule has 3 unspecified atom stereocenters. The summed E-state index contributed by atoms with van der Waals surface area (Å²) in [6.45, 7) is 0. The third-order valence-corrected chi connectivity index (χ3v) is 5.73. The third-order valence-electron chi connectivity index (χ3n) is 5.73. The van der Waals surface area contributed by atoms with Gasteiger partial charge in [-0.2, -0.15) is 13.2 Å². The second kappa shape index (κ2) is 5.91. The van der Waals surface area contributed by atoms with E-state index in [9.17, 15) is 13.2 Å². The van der Waals surface area contributed by atoms with Crippen LogP contribution in [0.3, 0.4) is 0 Å². The fourth-order valence-electron chi connectivity index (χ4n) is 4.43. The molecule has 4 heteroatoms. The van der Waals surface area contributed by atoms with Crippen molar-refractivity contribution in [2.24, 2.45) is 5.92 Å². The summed E-state index contributed by atoms with van der Waals surface area (Å²) in [5, 5.41) is 0. The largest absolute Gasteiger partial charge is 0.416 e. The van der Waals surface area contributed by atoms with Gasteiger partial charge in [0.05, 0.1) is 5.56 Å². The van der Waals surface area contributed by atoms with Crippen LogP contribution >= 0.6 is 0 Å². The van der Waals surface area contributed by atoms with Crippen LogP contribution in [-0.2, 0) is 12.6 Å². The minimum atomic E-state index is -4.27. The van der Waals surface area contributed by atoms with Gasteiger partial charge < -0.3 is 0 Å². The first kappa shape index (κ1) is 15.7. The maximum atomic E-state index is 13.0. The van der Waals surface area contributed by atoms with E-state index in [-0.39, 0.29) is 5.92 Å². The molecular formula is C20H20F3N. The van der Waals surface area contributed by atoms with Crippen molar-refractivity contribution in [3.05, 3.63) is 65.0 Å². The first-order valence-electron chi connectivity index (χ1n) is 8.65. The fraction of sp³-hybridized carbons (Fsp3) is 0.450. The topological polar surface area (TPSA) is 12.9 Å². The highest BCUT2D eigenvalue weighted by Gasteiger charge is 2.41. The van der Waals surface area contributed by atoms with Gasteiger partial charge in [-0.3, -0.25) is 4.98 Å². The molecule has 1 saturated carbocycles. The first-order valence-corrected chi connectivity index (χ1v) is 8.65. The van der Waals surface area contributed by atoms with E-state index in [0.29, 0.717) is 11.8 Å². The van der Waals surface area contributed by atoms with Gasteiger partial charge in [0.2, 0.25) is 0 Å². The Morgan fingerprint density at radius 1 is 0.958 bits per heavy atom. The summed E-state index contributed by atoms with van der Waals surface area (Å²) in [7, 11) is 0. The number of hydrogen-bond donors (Lipinski definition) is 0. The molecule has 0 N–H and O–H groups in total. The minimum Gasteiger partial charge on any atom is -0.261 e. The number of hydrogen-bond acceptors (Lipinski definition) is 1. The predicted octanol–water partition coefficient (Wildman–Crippen LogP) is 5.71. The molecule has 0 radical (unpaired) electrons. The Bertz CT molecular complexity index is 738. The molecule has 1 nitrogen and oxygen atoms in total. The molecule has 0 aliphatic heterocycles. The Labute approximate surface area is 139 Å². The number of rotatable bonds is 2. The van der Waals surface area contributed by atoms with Crippen molar-refractivity contribution >= 4 is 0 Å². The van der Waals surface area contributed by atoms with Gasteiger partial charge in [0.1, 0.15) is 0 Å². The SMILES string of the molecule is FC(F)(F)c1cccc(C2CCC2C2CCCc3cccnc32)c1. The summed E-state index contributed by atoms with van der Waals surface area (Å²) in [4.78, 5) is 4.61. The minimum absolute atomic E-state index is 0.227. The second-order valence-corrected chi connectivity index (χ2v) is 7.02. The van der Waals surface area contributed by atoms with Crippen molar-refractivity contribution in [1.29, 1.82) is 0 Å². The molecule has 1 aromatic heterocycles. The van der Waals surface area contributed by atoms with Gasteiger partial charge in [0.15, 0.2) is 0 Å². The highest BCUT2D eigenvalue weighted by Crippen LogP contribution is 2.53. The molecule has 0 bridgehead atoms. The van der Waals surface area contributed by atoms with E-state index >= 15 is 0 Å². The van der Waals surface area contributed by atoms with E-state index in [4.69, 9.17) is 0 Å². The Morgan fingerprint density at radius 2 is 1.83 bits per heavy atom. The van der Waals surface area contributed by atoms with Crippen molar-refractivity contribution < 1.29 is 13.2 Å². The normalized spacial score (nSPS) is 26.5. The molecule has 0 spiro atoms. The molecule has 2 aliphatic carbocycles. The average Bonchev–Trinajstić information content (AvgIpc) is 2.54. The Balaban J connectivity index is 1.62. The summed E-state index contributed by atoms with van der Waals surface area (Å²) in [6.07, 6.45) is 2.95. The van der Waals surface area contributed by atoms with Crippen molar-refractivity contribution in [1.82, 2.24) is 4.98 Å². The van der Waals surface area contributed by atoms with E-state index in [1.54, 1.807) is 6.07 Å². The van der Waals surface area contributed by atoms with Crippen molar-refractivity contribution in [3.8, 4) is 0 Å². The van der Waals surface area contributed by atoms with Crippen LogP contribution in [0.1, 0.15) is 59.9 Å². The van der Waals surface area contributed by atoms with Gasteiger partial charge in [0, 0.05) is 17.8 Å². The second-order valence-electron chi connectivity index (χ2n) is 7.02. The zero-order chi connectivity index (χ0) is 16.7. The average molecular weight is 331 g/mol. The molecule has 0 amide bonds. The molecule has 126 valence electrons. The molecule has 2 aliphatic rings. The summed E-state index contributed by atoms with van der Waals surface area (Å²) in [5.74, 6) is 1.04. The van der Waals surface area contributed by atoms with Crippen LogP contribution in [0.4, 0.5) is 13.2 Å². The van der Waals surface area contributed by atoms with Crippen LogP contribution in [-0.4, -0.2) is 4.98 Å². The van der Waals surface area contributed by atoms with Crippen LogP contribution in [0.2, 0.25) is 0 Å². The summed E-state index contributed by atoms with van der Waals surface area (Å²) >= 11 is 0. The zero-order valence-corrected chi connectivity index (χ0v) is 13.4.